The molecule has 0 saturated carbocycles. The Morgan fingerprint density at radius 2 is 2.21 bits per heavy atom. The molecule has 0 fully saturated rings. The van der Waals surface area contributed by atoms with Crippen molar-refractivity contribution < 1.29 is 28.2 Å². The van der Waals surface area contributed by atoms with Gasteiger partial charge in [-0.05, 0) is 31.2 Å². The van der Waals surface area contributed by atoms with Gasteiger partial charge in [0.15, 0.2) is 17.6 Å². The van der Waals surface area contributed by atoms with E-state index in [1.165, 1.54) is 25.3 Å². The Morgan fingerprint density at radius 3 is 2.96 bits per heavy atom. The van der Waals surface area contributed by atoms with E-state index in [0.29, 0.717) is 17.3 Å². The number of hydrogen-bond donors (Lipinski definition) is 1. The van der Waals surface area contributed by atoms with Gasteiger partial charge < -0.3 is 23.9 Å². The van der Waals surface area contributed by atoms with Gasteiger partial charge in [0.2, 0.25) is 6.79 Å². The normalized spacial score (nSPS) is 13.4. The predicted molar refractivity (Wildman–Crippen MR) is 83.0 cm³/mol. The summed E-state index contributed by atoms with van der Waals surface area (Å²) in [6, 6.07) is 6.31. The molecular formula is C16H14ClNO6. The molecule has 0 aliphatic carbocycles. The molecule has 1 aliphatic heterocycles. The molecule has 8 heteroatoms. The molecule has 0 bridgehead atoms. The van der Waals surface area contributed by atoms with Crippen LogP contribution in [0.15, 0.2) is 34.9 Å². The molecule has 0 radical (unpaired) electrons. The van der Waals surface area contributed by atoms with Crippen molar-refractivity contribution in [1.82, 2.24) is 5.32 Å². The maximum Gasteiger partial charge on any atom is 0.339 e. The molecule has 1 atom stereocenters. The second kappa shape index (κ2) is 6.84. The summed E-state index contributed by atoms with van der Waals surface area (Å²) in [5.74, 6) is 0.230. The first kappa shape index (κ1) is 16.2. The van der Waals surface area contributed by atoms with Gasteiger partial charge in [0, 0.05) is 0 Å². The first-order chi connectivity index (χ1) is 11.5. The highest BCUT2D eigenvalue weighted by molar-refractivity contribution is 6.32. The summed E-state index contributed by atoms with van der Waals surface area (Å²) < 4.78 is 20.6. The molecule has 24 heavy (non-hydrogen) atoms. The summed E-state index contributed by atoms with van der Waals surface area (Å²) in [6.45, 7) is 1.73. The van der Waals surface area contributed by atoms with Gasteiger partial charge in [-0.1, -0.05) is 11.6 Å². The first-order valence-electron chi connectivity index (χ1n) is 7.15. The van der Waals surface area contributed by atoms with Gasteiger partial charge in [0.05, 0.1) is 23.4 Å². The lowest BCUT2D eigenvalue weighted by molar-refractivity contribution is -0.129. The molecule has 0 unspecified atom stereocenters. The number of ether oxygens (including phenoxy) is 3. The van der Waals surface area contributed by atoms with Crippen molar-refractivity contribution in [2.24, 2.45) is 0 Å². The highest BCUT2D eigenvalue weighted by Gasteiger charge is 2.24. The van der Waals surface area contributed by atoms with Gasteiger partial charge in [-0.3, -0.25) is 4.79 Å². The number of esters is 1. The van der Waals surface area contributed by atoms with Crippen molar-refractivity contribution in [1.29, 1.82) is 0 Å². The SMILES string of the molecule is C[C@H](OC(=O)c1cc(Cl)c2c(c1)OCO2)C(=O)NCc1ccco1. The fourth-order valence-corrected chi connectivity index (χ4v) is 2.36. The Morgan fingerprint density at radius 1 is 1.38 bits per heavy atom. The molecule has 2 aromatic rings. The summed E-state index contributed by atoms with van der Waals surface area (Å²) in [6.07, 6.45) is 0.533. The molecule has 7 nitrogen and oxygen atoms in total. The topological polar surface area (TPSA) is 87.0 Å². The standard InChI is InChI=1S/C16H14ClNO6/c1-9(15(19)18-7-11-3-2-4-21-11)24-16(20)10-5-12(17)14-13(6-10)22-8-23-14/h2-6,9H,7-8H2,1H3,(H,18,19)/t9-/m0/s1. The molecular weight excluding hydrogens is 338 g/mol. The van der Waals surface area contributed by atoms with Crippen LogP contribution in [-0.2, 0) is 16.1 Å². The van der Waals surface area contributed by atoms with Gasteiger partial charge in [0.1, 0.15) is 5.76 Å². The Bertz CT molecular complexity index is 758. The van der Waals surface area contributed by atoms with Gasteiger partial charge in [0.25, 0.3) is 5.91 Å². The number of benzene rings is 1. The number of halogens is 1. The Labute approximate surface area is 142 Å². The Balaban J connectivity index is 1.59. The highest BCUT2D eigenvalue weighted by atomic mass is 35.5. The Hall–Kier alpha value is -2.67. The van der Waals surface area contributed by atoms with Gasteiger partial charge >= 0.3 is 5.97 Å². The summed E-state index contributed by atoms with van der Waals surface area (Å²) in [7, 11) is 0. The number of nitrogens with one attached hydrogen (secondary N) is 1. The third kappa shape index (κ3) is 3.46. The van der Waals surface area contributed by atoms with Crippen molar-refractivity contribution in [2.75, 3.05) is 6.79 Å². The zero-order valence-corrected chi connectivity index (χ0v) is 13.5. The first-order valence-corrected chi connectivity index (χ1v) is 7.52. The van der Waals surface area contributed by atoms with Crippen molar-refractivity contribution in [2.45, 2.75) is 19.6 Å². The number of carbonyl (C=O) groups is 2. The molecule has 2 heterocycles. The van der Waals surface area contributed by atoms with Gasteiger partial charge in [-0.2, -0.15) is 0 Å². The van der Waals surface area contributed by atoms with Crippen LogP contribution in [0.2, 0.25) is 5.02 Å². The van der Waals surface area contributed by atoms with Crippen molar-refractivity contribution in [3.05, 3.63) is 46.9 Å². The minimum absolute atomic E-state index is 0.0408. The second-order valence-electron chi connectivity index (χ2n) is 5.04. The van der Waals surface area contributed by atoms with E-state index < -0.39 is 18.0 Å². The van der Waals surface area contributed by atoms with Crippen molar-refractivity contribution in [3.63, 3.8) is 0 Å². The van der Waals surface area contributed by atoms with Crippen molar-refractivity contribution >= 4 is 23.5 Å². The fourth-order valence-electron chi connectivity index (χ4n) is 2.10. The van der Waals surface area contributed by atoms with E-state index in [1.54, 1.807) is 12.1 Å². The maximum absolute atomic E-state index is 12.2. The predicted octanol–water partition coefficient (Wildman–Crippen LogP) is 2.52. The lowest BCUT2D eigenvalue weighted by Gasteiger charge is -2.13. The monoisotopic (exact) mass is 351 g/mol. The summed E-state index contributed by atoms with van der Waals surface area (Å²) in [5, 5.41) is 2.86. The molecule has 1 aromatic heterocycles. The van der Waals surface area contributed by atoms with Gasteiger partial charge in [-0.25, -0.2) is 4.79 Å². The number of rotatable bonds is 5. The van der Waals surface area contributed by atoms with Crippen LogP contribution < -0.4 is 14.8 Å². The summed E-state index contributed by atoms with van der Waals surface area (Å²) >= 11 is 6.02. The van der Waals surface area contributed by atoms with Crippen LogP contribution >= 0.6 is 11.6 Å². The average Bonchev–Trinajstić information content (AvgIpc) is 3.23. The highest BCUT2D eigenvalue weighted by Crippen LogP contribution is 2.39. The molecule has 1 aliphatic rings. The van der Waals surface area contributed by atoms with E-state index >= 15 is 0 Å². The quantitative estimate of drug-likeness (QED) is 0.833. The zero-order chi connectivity index (χ0) is 17.1. The smallest absolute Gasteiger partial charge is 0.339 e. The maximum atomic E-state index is 12.2. The third-order valence-corrected chi connectivity index (χ3v) is 3.61. The van der Waals surface area contributed by atoms with E-state index in [2.05, 4.69) is 5.32 Å². The summed E-state index contributed by atoms with van der Waals surface area (Å²) in [5.41, 5.74) is 0.176. The minimum Gasteiger partial charge on any atom is -0.467 e. The number of amides is 1. The van der Waals surface area contributed by atoms with Gasteiger partial charge in [-0.15, -0.1) is 0 Å². The largest absolute Gasteiger partial charge is 0.467 e. The minimum atomic E-state index is -0.975. The van der Waals surface area contributed by atoms with E-state index in [-0.39, 0.29) is 23.9 Å². The lowest BCUT2D eigenvalue weighted by atomic mass is 10.2. The summed E-state index contributed by atoms with van der Waals surface area (Å²) in [4.78, 5) is 24.1. The zero-order valence-electron chi connectivity index (χ0n) is 12.7. The molecule has 1 N–H and O–H groups in total. The van der Waals surface area contributed by atoms with Crippen molar-refractivity contribution in [3.8, 4) is 11.5 Å². The van der Waals surface area contributed by atoms with Crippen LogP contribution in [0.4, 0.5) is 0 Å². The van der Waals surface area contributed by atoms with Crippen LogP contribution in [0.5, 0.6) is 11.5 Å². The molecule has 0 saturated heterocycles. The van der Waals surface area contributed by atoms with Crippen LogP contribution in [0.1, 0.15) is 23.0 Å². The fraction of sp³-hybridized carbons (Fsp3) is 0.250. The number of fused-ring (bicyclic) bond motifs is 1. The number of carbonyl (C=O) groups excluding carboxylic acids is 2. The number of furan rings is 1. The van der Waals surface area contributed by atoms with E-state index in [4.69, 9.17) is 30.2 Å². The molecule has 0 spiro atoms. The molecule has 126 valence electrons. The third-order valence-electron chi connectivity index (χ3n) is 3.33. The van der Waals surface area contributed by atoms with Crippen LogP contribution in [0.3, 0.4) is 0 Å². The van der Waals surface area contributed by atoms with E-state index in [9.17, 15) is 9.59 Å². The lowest BCUT2D eigenvalue weighted by Crippen LogP contribution is -2.35. The molecule has 1 amide bonds. The van der Waals surface area contributed by atoms with E-state index in [0.717, 1.165) is 0 Å². The molecule has 1 aromatic carbocycles. The number of hydrogen-bond acceptors (Lipinski definition) is 6. The molecule has 3 rings (SSSR count). The average molecular weight is 352 g/mol. The van der Waals surface area contributed by atoms with E-state index in [1.807, 2.05) is 0 Å². The van der Waals surface area contributed by atoms with Crippen LogP contribution in [0, 0.1) is 0 Å². The van der Waals surface area contributed by atoms with Crippen LogP contribution in [0.25, 0.3) is 0 Å². The van der Waals surface area contributed by atoms with Crippen LogP contribution in [-0.4, -0.2) is 24.8 Å². The second-order valence-corrected chi connectivity index (χ2v) is 5.44. The Kier molecular flexibility index (Phi) is 4.61.